The second-order valence-electron chi connectivity index (χ2n) is 3.73. The standard InChI is InChI=1S/C11H12ClNO5/c1-7(2-5-11(14)15)18-10-6-8(13(16)17)3-4-9(10)12/h3-4,6-7H,2,5H2,1H3,(H,14,15). The summed E-state index contributed by atoms with van der Waals surface area (Å²) in [6.07, 6.45) is -0.122. The van der Waals surface area contributed by atoms with Crippen molar-refractivity contribution in [3.05, 3.63) is 33.3 Å². The van der Waals surface area contributed by atoms with Crippen molar-refractivity contribution in [2.45, 2.75) is 25.9 Å². The SMILES string of the molecule is CC(CCC(=O)O)Oc1cc([N+](=O)[O-])ccc1Cl. The van der Waals surface area contributed by atoms with E-state index in [-0.39, 0.29) is 29.0 Å². The predicted octanol–water partition coefficient (Wildman–Crippen LogP) is 2.88. The molecule has 1 unspecified atom stereocenters. The van der Waals surface area contributed by atoms with Crippen LogP contribution in [0.4, 0.5) is 5.69 Å². The Balaban J connectivity index is 2.73. The molecule has 1 N–H and O–H groups in total. The van der Waals surface area contributed by atoms with E-state index < -0.39 is 10.9 Å². The maximum absolute atomic E-state index is 10.6. The zero-order chi connectivity index (χ0) is 13.7. The third-order valence-electron chi connectivity index (χ3n) is 2.22. The minimum Gasteiger partial charge on any atom is -0.489 e. The van der Waals surface area contributed by atoms with Crippen LogP contribution >= 0.6 is 11.6 Å². The van der Waals surface area contributed by atoms with Crippen molar-refractivity contribution in [1.82, 2.24) is 0 Å². The van der Waals surface area contributed by atoms with Gasteiger partial charge in [0.1, 0.15) is 5.75 Å². The molecule has 18 heavy (non-hydrogen) atoms. The van der Waals surface area contributed by atoms with Crippen molar-refractivity contribution in [3.8, 4) is 5.75 Å². The number of nitrogens with zero attached hydrogens (tertiary/aromatic N) is 1. The van der Waals surface area contributed by atoms with E-state index in [0.29, 0.717) is 6.42 Å². The van der Waals surface area contributed by atoms with Gasteiger partial charge in [-0.15, -0.1) is 0 Å². The molecule has 0 aliphatic heterocycles. The lowest BCUT2D eigenvalue weighted by atomic mass is 10.2. The molecular formula is C11H12ClNO5. The van der Waals surface area contributed by atoms with E-state index in [0.717, 1.165) is 0 Å². The first-order valence-corrected chi connectivity index (χ1v) is 5.60. The third kappa shape index (κ3) is 4.21. The highest BCUT2D eigenvalue weighted by atomic mass is 35.5. The lowest BCUT2D eigenvalue weighted by Crippen LogP contribution is -2.14. The first-order chi connectivity index (χ1) is 8.40. The van der Waals surface area contributed by atoms with Crippen molar-refractivity contribution >= 4 is 23.3 Å². The number of ether oxygens (including phenoxy) is 1. The summed E-state index contributed by atoms with van der Waals surface area (Å²) in [5, 5.41) is 19.4. The summed E-state index contributed by atoms with van der Waals surface area (Å²) in [6, 6.07) is 3.87. The number of non-ortho nitro benzene ring substituents is 1. The summed E-state index contributed by atoms with van der Waals surface area (Å²) in [7, 11) is 0. The van der Waals surface area contributed by atoms with Gasteiger partial charge in [-0.1, -0.05) is 11.6 Å². The largest absolute Gasteiger partial charge is 0.489 e. The number of carbonyl (C=O) groups is 1. The fraction of sp³-hybridized carbons (Fsp3) is 0.364. The number of hydrogen-bond acceptors (Lipinski definition) is 4. The molecular weight excluding hydrogens is 262 g/mol. The zero-order valence-electron chi connectivity index (χ0n) is 9.63. The van der Waals surface area contributed by atoms with Gasteiger partial charge in [0.15, 0.2) is 0 Å². The molecule has 0 saturated carbocycles. The summed E-state index contributed by atoms with van der Waals surface area (Å²) in [5.74, 6) is -0.737. The fourth-order valence-electron chi connectivity index (χ4n) is 1.30. The number of carboxylic acid groups (broad SMARTS) is 1. The molecule has 0 aromatic heterocycles. The van der Waals surface area contributed by atoms with E-state index in [9.17, 15) is 14.9 Å². The lowest BCUT2D eigenvalue weighted by molar-refractivity contribution is -0.384. The number of rotatable bonds is 6. The maximum atomic E-state index is 10.6. The molecule has 0 radical (unpaired) electrons. The molecule has 6 nitrogen and oxygen atoms in total. The Bertz CT molecular complexity index is 463. The van der Waals surface area contributed by atoms with Crippen LogP contribution in [-0.4, -0.2) is 22.1 Å². The quantitative estimate of drug-likeness (QED) is 0.636. The molecule has 1 aromatic carbocycles. The lowest BCUT2D eigenvalue weighted by Gasteiger charge is -2.14. The molecule has 7 heteroatoms. The molecule has 0 spiro atoms. The van der Waals surface area contributed by atoms with Gasteiger partial charge in [0.05, 0.1) is 22.1 Å². The molecule has 1 rings (SSSR count). The van der Waals surface area contributed by atoms with Gasteiger partial charge in [-0.05, 0) is 19.4 Å². The van der Waals surface area contributed by atoms with Crippen LogP contribution in [0.15, 0.2) is 18.2 Å². The third-order valence-corrected chi connectivity index (χ3v) is 2.53. The molecule has 98 valence electrons. The molecule has 1 aromatic rings. The Labute approximate surface area is 108 Å². The molecule has 0 saturated heterocycles. The summed E-state index contributed by atoms with van der Waals surface area (Å²) in [4.78, 5) is 20.4. The Morgan fingerprint density at radius 2 is 2.28 bits per heavy atom. The van der Waals surface area contributed by atoms with Gasteiger partial charge in [0, 0.05) is 12.5 Å². The van der Waals surface area contributed by atoms with Gasteiger partial charge in [0.2, 0.25) is 0 Å². The first-order valence-electron chi connectivity index (χ1n) is 5.22. The van der Waals surface area contributed by atoms with Crippen LogP contribution in [0.2, 0.25) is 5.02 Å². The minimum atomic E-state index is -0.921. The molecule has 0 aliphatic rings. The van der Waals surface area contributed by atoms with Crippen molar-refractivity contribution < 1.29 is 19.6 Å². The maximum Gasteiger partial charge on any atom is 0.303 e. The Morgan fingerprint density at radius 1 is 1.61 bits per heavy atom. The second kappa shape index (κ2) is 6.20. The van der Waals surface area contributed by atoms with Crippen molar-refractivity contribution in [3.63, 3.8) is 0 Å². The highest BCUT2D eigenvalue weighted by Crippen LogP contribution is 2.30. The number of nitro groups is 1. The van der Waals surface area contributed by atoms with Crippen molar-refractivity contribution in [2.24, 2.45) is 0 Å². The van der Waals surface area contributed by atoms with Crippen LogP contribution in [0, 0.1) is 10.1 Å². The number of hydrogen-bond donors (Lipinski definition) is 1. The second-order valence-corrected chi connectivity index (χ2v) is 4.14. The average molecular weight is 274 g/mol. The van der Waals surface area contributed by atoms with Gasteiger partial charge in [0.25, 0.3) is 5.69 Å². The van der Waals surface area contributed by atoms with Crippen LogP contribution in [0.3, 0.4) is 0 Å². The fourth-order valence-corrected chi connectivity index (χ4v) is 1.46. The Hall–Kier alpha value is -1.82. The van der Waals surface area contributed by atoms with Crippen LogP contribution in [0.5, 0.6) is 5.75 Å². The number of nitro benzene ring substituents is 1. The highest BCUT2D eigenvalue weighted by molar-refractivity contribution is 6.32. The van der Waals surface area contributed by atoms with E-state index in [2.05, 4.69) is 0 Å². The number of halogens is 1. The van der Waals surface area contributed by atoms with Gasteiger partial charge in [-0.25, -0.2) is 0 Å². The van der Waals surface area contributed by atoms with Crippen LogP contribution in [0.1, 0.15) is 19.8 Å². The van der Waals surface area contributed by atoms with Crippen LogP contribution in [-0.2, 0) is 4.79 Å². The van der Waals surface area contributed by atoms with Gasteiger partial charge < -0.3 is 9.84 Å². The van der Waals surface area contributed by atoms with E-state index in [1.54, 1.807) is 6.92 Å². The summed E-state index contributed by atoms with van der Waals surface area (Å²) >= 11 is 5.84. The van der Waals surface area contributed by atoms with Crippen molar-refractivity contribution in [2.75, 3.05) is 0 Å². The Morgan fingerprint density at radius 3 is 2.83 bits per heavy atom. The summed E-state index contributed by atoms with van der Waals surface area (Å²) < 4.78 is 5.39. The predicted molar refractivity (Wildman–Crippen MR) is 65.1 cm³/mol. The van der Waals surface area contributed by atoms with E-state index >= 15 is 0 Å². The molecule has 0 amide bonds. The topological polar surface area (TPSA) is 89.7 Å². The van der Waals surface area contributed by atoms with E-state index in [1.807, 2.05) is 0 Å². The first kappa shape index (κ1) is 14.2. The normalized spacial score (nSPS) is 11.9. The smallest absolute Gasteiger partial charge is 0.303 e. The monoisotopic (exact) mass is 273 g/mol. The zero-order valence-corrected chi connectivity index (χ0v) is 10.4. The number of aliphatic carboxylic acids is 1. The molecule has 0 heterocycles. The van der Waals surface area contributed by atoms with E-state index in [4.69, 9.17) is 21.4 Å². The Kier molecular flexibility index (Phi) is 4.91. The van der Waals surface area contributed by atoms with Crippen molar-refractivity contribution in [1.29, 1.82) is 0 Å². The summed E-state index contributed by atoms with van der Waals surface area (Å²) in [6.45, 7) is 1.68. The van der Waals surface area contributed by atoms with Gasteiger partial charge in [-0.2, -0.15) is 0 Å². The van der Waals surface area contributed by atoms with Gasteiger partial charge in [-0.3, -0.25) is 14.9 Å². The van der Waals surface area contributed by atoms with Crippen LogP contribution in [0.25, 0.3) is 0 Å². The van der Waals surface area contributed by atoms with Crippen LogP contribution < -0.4 is 4.74 Å². The molecule has 0 fully saturated rings. The number of carboxylic acids is 1. The van der Waals surface area contributed by atoms with E-state index in [1.165, 1.54) is 18.2 Å². The molecule has 1 atom stereocenters. The molecule has 0 aliphatic carbocycles. The highest BCUT2D eigenvalue weighted by Gasteiger charge is 2.14. The summed E-state index contributed by atoms with van der Waals surface area (Å²) in [5.41, 5.74) is -0.125. The minimum absolute atomic E-state index is 0.0340. The van der Waals surface area contributed by atoms with Gasteiger partial charge >= 0.3 is 5.97 Å². The number of benzene rings is 1. The average Bonchev–Trinajstić information content (AvgIpc) is 2.29. The molecule has 0 bridgehead atoms.